The summed E-state index contributed by atoms with van der Waals surface area (Å²) >= 11 is 0. The zero-order valence-electron chi connectivity index (χ0n) is 14.3. The number of carbonyl (C=O) groups is 2. The molecule has 0 aliphatic heterocycles. The van der Waals surface area contributed by atoms with E-state index in [1.165, 1.54) is 38.5 Å². The summed E-state index contributed by atoms with van der Waals surface area (Å²) in [4.78, 5) is 25.8. The van der Waals surface area contributed by atoms with Gasteiger partial charge in [0.05, 0.1) is 13.5 Å². The summed E-state index contributed by atoms with van der Waals surface area (Å²) in [5, 5.41) is 0. The van der Waals surface area contributed by atoms with Crippen LogP contribution in [-0.4, -0.2) is 30.4 Å². The Hall–Kier alpha value is -1.91. The van der Waals surface area contributed by atoms with Crippen molar-refractivity contribution in [3.05, 3.63) is 35.6 Å². The number of halogens is 1. The maximum atomic E-state index is 13.0. The Morgan fingerprint density at radius 3 is 2.46 bits per heavy atom. The van der Waals surface area contributed by atoms with E-state index < -0.39 is 0 Å². The highest BCUT2D eigenvalue weighted by Crippen LogP contribution is 2.27. The molecule has 1 aromatic rings. The summed E-state index contributed by atoms with van der Waals surface area (Å²) in [5.74, 6) is -0.117. The molecule has 0 N–H and O–H groups in total. The average Bonchev–Trinajstić information content (AvgIpc) is 2.60. The summed E-state index contributed by atoms with van der Waals surface area (Å²) in [5.41, 5.74) is 0.859. The highest BCUT2D eigenvalue weighted by molar-refractivity contribution is 5.77. The summed E-state index contributed by atoms with van der Waals surface area (Å²) in [6.07, 6.45) is 6.55. The van der Waals surface area contributed by atoms with E-state index in [1.54, 1.807) is 17.0 Å². The summed E-state index contributed by atoms with van der Waals surface area (Å²) in [7, 11) is 1.34. The van der Waals surface area contributed by atoms with Crippen LogP contribution in [0.1, 0.15) is 50.5 Å². The molecule has 1 aliphatic carbocycles. The van der Waals surface area contributed by atoms with Crippen molar-refractivity contribution in [2.75, 3.05) is 13.7 Å². The minimum Gasteiger partial charge on any atom is -0.469 e. The predicted molar refractivity (Wildman–Crippen MR) is 89.6 cm³/mol. The molecule has 1 saturated carbocycles. The van der Waals surface area contributed by atoms with Gasteiger partial charge in [-0.3, -0.25) is 9.59 Å². The number of hydrogen-bond acceptors (Lipinski definition) is 3. The van der Waals surface area contributed by atoms with Crippen molar-refractivity contribution in [3.63, 3.8) is 0 Å². The van der Waals surface area contributed by atoms with Gasteiger partial charge in [0.15, 0.2) is 0 Å². The van der Waals surface area contributed by atoms with Crippen LogP contribution < -0.4 is 0 Å². The second-order valence-corrected chi connectivity index (χ2v) is 6.48. The van der Waals surface area contributed by atoms with Crippen LogP contribution in [0.25, 0.3) is 0 Å². The molecule has 5 heteroatoms. The first-order chi connectivity index (χ1) is 11.6. The Bertz CT molecular complexity index is 538. The topological polar surface area (TPSA) is 46.6 Å². The molecule has 0 bridgehead atoms. The van der Waals surface area contributed by atoms with E-state index in [0.29, 0.717) is 25.4 Å². The molecule has 1 aromatic carbocycles. The molecule has 0 spiro atoms. The standard InChI is InChI=1S/C19H26FNO3/c1-24-19(23)11-12-21(14-16-7-9-17(20)10-8-16)18(22)13-15-5-3-2-4-6-15/h7-10,15H,2-6,11-14H2,1H3. The van der Waals surface area contributed by atoms with Gasteiger partial charge >= 0.3 is 5.97 Å². The van der Waals surface area contributed by atoms with Gasteiger partial charge in [-0.05, 0) is 36.5 Å². The second-order valence-electron chi connectivity index (χ2n) is 6.48. The summed E-state index contributed by atoms with van der Waals surface area (Å²) in [6.45, 7) is 0.721. The van der Waals surface area contributed by atoms with Gasteiger partial charge < -0.3 is 9.64 Å². The van der Waals surface area contributed by atoms with Crippen LogP contribution in [0.2, 0.25) is 0 Å². The highest BCUT2D eigenvalue weighted by atomic mass is 19.1. The molecule has 1 aliphatic rings. The van der Waals surface area contributed by atoms with Crippen molar-refractivity contribution in [3.8, 4) is 0 Å². The lowest BCUT2D eigenvalue weighted by molar-refractivity contribution is -0.142. The van der Waals surface area contributed by atoms with E-state index >= 15 is 0 Å². The molecule has 24 heavy (non-hydrogen) atoms. The first kappa shape index (κ1) is 18.4. The molecule has 0 radical (unpaired) electrons. The summed E-state index contributed by atoms with van der Waals surface area (Å²) < 4.78 is 17.7. The zero-order chi connectivity index (χ0) is 17.4. The van der Waals surface area contributed by atoms with Gasteiger partial charge in [0.1, 0.15) is 5.82 Å². The van der Waals surface area contributed by atoms with Crippen LogP contribution in [0.5, 0.6) is 0 Å². The van der Waals surface area contributed by atoms with Crippen molar-refractivity contribution in [1.29, 1.82) is 0 Å². The zero-order valence-corrected chi connectivity index (χ0v) is 14.3. The fraction of sp³-hybridized carbons (Fsp3) is 0.579. The molecule has 0 saturated heterocycles. The van der Waals surface area contributed by atoms with Crippen LogP contribution in [-0.2, 0) is 20.9 Å². The first-order valence-corrected chi connectivity index (χ1v) is 8.67. The van der Waals surface area contributed by atoms with Gasteiger partial charge in [-0.2, -0.15) is 0 Å². The quantitative estimate of drug-likeness (QED) is 0.714. The second kappa shape index (κ2) is 9.40. The molecular weight excluding hydrogens is 309 g/mol. The minimum atomic E-state index is -0.329. The van der Waals surface area contributed by atoms with Crippen LogP contribution >= 0.6 is 0 Å². The minimum absolute atomic E-state index is 0.0649. The maximum absolute atomic E-state index is 13.0. The van der Waals surface area contributed by atoms with Crippen molar-refractivity contribution < 1.29 is 18.7 Å². The maximum Gasteiger partial charge on any atom is 0.307 e. The van der Waals surface area contributed by atoms with Crippen LogP contribution in [0.4, 0.5) is 4.39 Å². The SMILES string of the molecule is COC(=O)CCN(Cc1ccc(F)cc1)C(=O)CC1CCCCC1. The lowest BCUT2D eigenvalue weighted by Crippen LogP contribution is -2.34. The Morgan fingerprint density at radius 1 is 1.17 bits per heavy atom. The molecule has 4 nitrogen and oxygen atoms in total. The molecule has 0 unspecified atom stereocenters. The normalized spacial score (nSPS) is 15.1. The third-order valence-electron chi connectivity index (χ3n) is 4.64. The fourth-order valence-electron chi connectivity index (χ4n) is 3.20. The Kier molecular flexibility index (Phi) is 7.22. The van der Waals surface area contributed by atoms with Crippen LogP contribution in [0, 0.1) is 11.7 Å². The number of ether oxygens (including phenoxy) is 1. The molecule has 132 valence electrons. The van der Waals surface area contributed by atoms with Gasteiger partial charge in [0, 0.05) is 19.5 Å². The Morgan fingerprint density at radius 2 is 1.83 bits per heavy atom. The molecule has 1 fully saturated rings. The highest BCUT2D eigenvalue weighted by Gasteiger charge is 2.22. The number of esters is 1. The van der Waals surface area contributed by atoms with Crippen LogP contribution in [0.3, 0.4) is 0 Å². The van der Waals surface area contributed by atoms with Crippen LogP contribution in [0.15, 0.2) is 24.3 Å². The van der Waals surface area contributed by atoms with Gasteiger partial charge in [-0.1, -0.05) is 31.4 Å². The van der Waals surface area contributed by atoms with Gasteiger partial charge in [0.2, 0.25) is 5.91 Å². The summed E-state index contributed by atoms with van der Waals surface area (Å²) in [6, 6.07) is 6.13. The number of benzene rings is 1. The smallest absolute Gasteiger partial charge is 0.307 e. The van der Waals surface area contributed by atoms with Crippen molar-refractivity contribution >= 4 is 11.9 Å². The van der Waals surface area contributed by atoms with E-state index in [-0.39, 0.29) is 24.1 Å². The molecular formula is C19H26FNO3. The number of methoxy groups -OCH3 is 1. The monoisotopic (exact) mass is 335 g/mol. The van der Waals surface area contributed by atoms with E-state index in [9.17, 15) is 14.0 Å². The molecule has 0 heterocycles. The van der Waals surface area contributed by atoms with E-state index in [2.05, 4.69) is 4.74 Å². The van der Waals surface area contributed by atoms with Crippen molar-refractivity contribution in [2.45, 2.75) is 51.5 Å². The molecule has 0 atom stereocenters. The average molecular weight is 335 g/mol. The predicted octanol–water partition coefficient (Wildman–Crippen LogP) is 3.69. The van der Waals surface area contributed by atoms with E-state index in [1.807, 2.05) is 0 Å². The molecule has 0 aromatic heterocycles. The van der Waals surface area contributed by atoms with E-state index in [0.717, 1.165) is 18.4 Å². The van der Waals surface area contributed by atoms with Gasteiger partial charge in [-0.25, -0.2) is 4.39 Å². The Balaban J connectivity index is 1.98. The number of carbonyl (C=O) groups excluding carboxylic acids is 2. The van der Waals surface area contributed by atoms with Crippen molar-refractivity contribution in [2.24, 2.45) is 5.92 Å². The van der Waals surface area contributed by atoms with E-state index in [4.69, 9.17) is 0 Å². The van der Waals surface area contributed by atoms with Gasteiger partial charge in [0.25, 0.3) is 0 Å². The largest absolute Gasteiger partial charge is 0.469 e. The first-order valence-electron chi connectivity index (χ1n) is 8.67. The van der Waals surface area contributed by atoms with Gasteiger partial charge in [-0.15, -0.1) is 0 Å². The third-order valence-corrected chi connectivity index (χ3v) is 4.64. The lowest BCUT2D eigenvalue weighted by atomic mass is 9.86. The Labute approximate surface area is 143 Å². The molecule has 2 rings (SSSR count). The lowest BCUT2D eigenvalue weighted by Gasteiger charge is -2.27. The number of rotatable bonds is 7. The fourth-order valence-corrected chi connectivity index (χ4v) is 3.20. The third kappa shape index (κ3) is 5.95. The molecule has 1 amide bonds. The number of amides is 1. The number of nitrogens with zero attached hydrogens (tertiary/aromatic N) is 1. The van der Waals surface area contributed by atoms with Crippen molar-refractivity contribution in [1.82, 2.24) is 4.90 Å². The number of hydrogen-bond donors (Lipinski definition) is 0.